The van der Waals surface area contributed by atoms with Crippen molar-refractivity contribution in [3.63, 3.8) is 0 Å². The van der Waals surface area contributed by atoms with Crippen molar-refractivity contribution in [1.82, 2.24) is 10.3 Å². The molecule has 4 rings (SSSR count). The highest BCUT2D eigenvalue weighted by Gasteiger charge is 2.24. The van der Waals surface area contributed by atoms with Gasteiger partial charge < -0.3 is 20.7 Å². The fourth-order valence-corrected chi connectivity index (χ4v) is 5.77. The molecule has 0 spiro atoms. The maximum absolute atomic E-state index is 12.8. The van der Waals surface area contributed by atoms with Gasteiger partial charge >= 0.3 is 0 Å². The van der Waals surface area contributed by atoms with E-state index in [9.17, 15) is 9.59 Å². The van der Waals surface area contributed by atoms with E-state index in [-0.39, 0.29) is 11.9 Å². The molecule has 1 atom stereocenters. The molecule has 1 aromatic carbocycles. The molecule has 1 fully saturated rings. The molecular weight excluding hydrogens is 559 g/mol. The Bertz CT molecular complexity index is 1170. The highest BCUT2D eigenvalue weighted by molar-refractivity contribution is 7.18. The van der Waals surface area contributed by atoms with Gasteiger partial charge in [0.15, 0.2) is 0 Å². The first-order valence-electron chi connectivity index (χ1n) is 12.5. The smallest absolute Gasteiger partial charge is 0.292 e. The first kappa shape index (κ1) is 32.1. The Morgan fingerprint density at radius 3 is 2.23 bits per heavy atom. The molecule has 0 aliphatic heterocycles. The van der Waals surface area contributed by atoms with Gasteiger partial charge in [-0.2, -0.15) is 0 Å². The number of carbonyl (C=O) groups excluding carboxylic acids is 3. The minimum absolute atomic E-state index is 0.118. The van der Waals surface area contributed by atoms with E-state index in [4.69, 9.17) is 28.0 Å². The van der Waals surface area contributed by atoms with E-state index in [2.05, 4.69) is 32.6 Å². The number of ether oxygens (including phenoxy) is 1. The number of rotatable bonds is 8. The number of carbonyl (C=O) groups is 3. The molecule has 3 N–H and O–H groups in total. The standard InChI is InChI=1S/C19H23N3O2S.C7H7Cl2N.C2H4O2/c1-13(14-5-3-2-4-6-14)22-19(24)18-16(21-12-23)11-17(25-18)15-7-9-20-10-8-15;1-10-7-5(8)3-2-4-6(7)9;1-4-2-3/h7-14H,2-6H2,1H3,(H,21,23)(H,22,24);2-4,10H,1H3;2H,1H3. The minimum atomic E-state index is -0.118. The number of anilines is 2. The summed E-state index contributed by atoms with van der Waals surface area (Å²) in [6, 6.07) is 11.2. The van der Waals surface area contributed by atoms with Gasteiger partial charge in [0.1, 0.15) is 4.88 Å². The average Bonchev–Trinajstić information content (AvgIpc) is 3.39. The van der Waals surface area contributed by atoms with Crippen LogP contribution in [-0.2, 0) is 14.3 Å². The number of nitrogens with one attached hydrogen (secondary N) is 3. The van der Waals surface area contributed by atoms with Crippen molar-refractivity contribution >= 4 is 64.7 Å². The van der Waals surface area contributed by atoms with Crippen LogP contribution in [0.25, 0.3) is 10.4 Å². The molecule has 2 aromatic heterocycles. The summed E-state index contributed by atoms with van der Waals surface area (Å²) in [7, 11) is 3.10. The molecule has 1 aliphatic carbocycles. The second-order valence-corrected chi connectivity index (χ2v) is 10.6. The lowest BCUT2D eigenvalue weighted by atomic mass is 9.84. The molecule has 210 valence electrons. The fourth-order valence-electron chi connectivity index (χ4n) is 4.15. The SMILES string of the molecule is CC(NC(=O)c1sc(-c2ccncc2)cc1NC=O)C1CCCCC1.CNc1c(Cl)cccc1Cl.COC=O. The van der Waals surface area contributed by atoms with Gasteiger partial charge in [-0.05, 0) is 61.6 Å². The molecule has 1 unspecified atom stereocenters. The van der Waals surface area contributed by atoms with E-state index in [0.29, 0.717) is 39.4 Å². The van der Waals surface area contributed by atoms with Crippen LogP contribution in [0.1, 0.15) is 48.7 Å². The lowest BCUT2D eigenvalue weighted by molar-refractivity contribution is -0.126. The van der Waals surface area contributed by atoms with Gasteiger partial charge in [-0.3, -0.25) is 19.4 Å². The third-order valence-corrected chi connectivity index (χ3v) is 7.96. The fraction of sp³-hybridized carbons (Fsp3) is 0.357. The van der Waals surface area contributed by atoms with Gasteiger partial charge in [0.05, 0.1) is 28.5 Å². The Morgan fingerprint density at radius 1 is 1.10 bits per heavy atom. The van der Waals surface area contributed by atoms with Crippen molar-refractivity contribution in [3.05, 3.63) is 63.7 Å². The molecule has 1 aliphatic rings. The van der Waals surface area contributed by atoms with Gasteiger partial charge in [-0.25, -0.2) is 0 Å². The Kier molecular flexibility index (Phi) is 14.3. The first-order valence-corrected chi connectivity index (χ1v) is 14.1. The van der Waals surface area contributed by atoms with Crippen LogP contribution in [0.2, 0.25) is 10.0 Å². The number of para-hydroxylation sites is 1. The van der Waals surface area contributed by atoms with E-state index in [1.54, 1.807) is 31.6 Å². The maximum atomic E-state index is 12.8. The number of hydrogen-bond acceptors (Lipinski definition) is 7. The zero-order chi connectivity index (χ0) is 28.6. The summed E-state index contributed by atoms with van der Waals surface area (Å²) in [5.41, 5.74) is 2.32. The van der Waals surface area contributed by atoms with E-state index in [1.165, 1.54) is 50.6 Å². The van der Waals surface area contributed by atoms with Crippen LogP contribution < -0.4 is 16.0 Å². The number of pyridine rings is 1. The molecule has 1 saturated carbocycles. The van der Waals surface area contributed by atoms with Gasteiger partial charge in [-0.1, -0.05) is 48.5 Å². The number of nitrogens with zero attached hydrogens (tertiary/aromatic N) is 1. The van der Waals surface area contributed by atoms with E-state index in [0.717, 1.165) is 16.1 Å². The average molecular weight is 594 g/mol. The normalized spacial score (nSPS) is 13.4. The van der Waals surface area contributed by atoms with Crippen molar-refractivity contribution in [1.29, 1.82) is 0 Å². The number of amides is 2. The number of aromatic nitrogens is 1. The third kappa shape index (κ3) is 10.2. The predicted octanol–water partition coefficient (Wildman–Crippen LogP) is 6.90. The summed E-state index contributed by atoms with van der Waals surface area (Å²) in [5.74, 6) is 0.424. The zero-order valence-electron chi connectivity index (χ0n) is 22.2. The number of benzene rings is 1. The van der Waals surface area contributed by atoms with Crippen LogP contribution in [0, 0.1) is 5.92 Å². The van der Waals surface area contributed by atoms with Crippen molar-refractivity contribution in [2.45, 2.75) is 45.1 Å². The molecule has 8 nitrogen and oxygen atoms in total. The molecule has 11 heteroatoms. The maximum Gasteiger partial charge on any atom is 0.292 e. The minimum Gasteiger partial charge on any atom is -0.471 e. The second kappa shape index (κ2) is 17.4. The largest absolute Gasteiger partial charge is 0.471 e. The van der Waals surface area contributed by atoms with Crippen LogP contribution in [0.5, 0.6) is 0 Å². The van der Waals surface area contributed by atoms with Gasteiger partial charge in [0.25, 0.3) is 12.4 Å². The molecule has 3 aromatic rings. The summed E-state index contributed by atoms with van der Waals surface area (Å²) in [6.07, 6.45) is 10.2. The lowest BCUT2D eigenvalue weighted by Gasteiger charge is -2.28. The summed E-state index contributed by atoms with van der Waals surface area (Å²) in [6.45, 7) is 2.46. The van der Waals surface area contributed by atoms with Gasteiger partial charge in [0, 0.05) is 30.4 Å². The second-order valence-electron chi connectivity index (χ2n) is 8.69. The van der Waals surface area contributed by atoms with Gasteiger partial charge in [0.2, 0.25) is 6.41 Å². The topological polar surface area (TPSA) is 109 Å². The summed E-state index contributed by atoms with van der Waals surface area (Å²) < 4.78 is 3.86. The summed E-state index contributed by atoms with van der Waals surface area (Å²) >= 11 is 13.0. The van der Waals surface area contributed by atoms with Crippen LogP contribution in [0.3, 0.4) is 0 Å². The Morgan fingerprint density at radius 2 is 1.72 bits per heavy atom. The lowest BCUT2D eigenvalue weighted by Crippen LogP contribution is -2.38. The molecule has 0 bridgehead atoms. The molecule has 39 heavy (non-hydrogen) atoms. The number of hydrogen-bond donors (Lipinski definition) is 3. The quantitative estimate of drug-likeness (QED) is 0.245. The van der Waals surface area contributed by atoms with Crippen molar-refractivity contribution in [2.75, 3.05) is 24.8 Å². The zero-order valence-corrected chi connectivity index (χ0v) is 24.5. The molecule has 0 radical (unpaired) electrons. The number of halogens is 2. The van der Waals surface area contributed by atoms with Crippen LogP contribution in [0.4, 0.5) is 11.4 Å². The Balaban J connectivity index is 0.000000315. The Hall–Kier alpha value is -3.14. The van der Waals surface area contributed by atoms with E-state index >= 15 is 0 Å². The van der Waals surface area contributed by atoms with Gasteiger partial charge in [-0.15, -0.1) is 11.3 Å². The summed E-state index contributed by atoms with van der Waals surface area (Å²) in [4.78, 5) is 38.1. The van der Waals surface area contributed by atoms with Crippen molar-refractivity contribution in [3.8, 4) is 10.4 Å². The monoisotopic (exact) mass is 592 g/mol. The molecular formula is C28H34Cl2N4O4S. The van der Waals surface area contributed by atoms with Crippen molar-refractivity contribution < 1.29 is 19.1 Å². The number of thiophene rings is 1. The third-order valence-electron chi connectivity index (χ3n) is 6.14. The predicted molar refractivity (Wildman–Crippen MR) is 160 cm³/mol. The molecule has 2 heterocycles. The Labute approximate surface area is 243 Å². The first-order chi connectivity index (χ1) is 18.9. The highest BCUT2D eigenvalue weighted by atomic mass is 35.5. The van der Waals surface area contributed by atoms with Crippen molar-refractivity contribution in [2.24, 2.45) is 5.92 Å². The summed E-state index contributed by atoms with van der Waals surface area (Å²) in [5, 5.41) is 9.98. The van der Waals surface area contributed by atoms with E-state index in [1.807, 2.05) is 24.3 Å². The molecule has 2 amide bonds. The van der Waals surface area contributed by atoms with E-state index < -0.39 is 0 Å². The number of methoxy groups -OCH3 is 1. The highest BCUT2D eigenvalue weighted by Crippen LogP contribution is 2.35. The van der Waals surface area contributed by atoms with Crippen LogP contribution in [-0.4, -0.2) is 44.0 Å². The molecule has 0 saturated heterocycles. The van der Waals surface area contributed by atoms with Crippen LogP contribution in [0.15, 0.2) is 48.8 Å². The van der Waals surface area contributed by atoms with Crippen LogP contribution >= 0.6 is 34.5 Å².